The van der Waals surface area contributed by atoms with Gasteiger partial charge in [-0.15, -0.1) is 0 Å². The van der Waals surface area contributed by atoms with E-state index in [1.165, 1.54) is 98.2 Å². The van der Waals surface area contributed by atoms with E-state index in [9.17, 15) is 76.7 Å². The van der Waals surface area contributed by atoms with Gasteiger partial charge in [0, 0.05) is 128 Å². The van der Waals surface area contributed by atoms with E-state index in [1.807, 2.05) is 49.4 Å². The van der Waals surface area contributed by atoms with Gasteiger partial charge in [0.25, 0.3) is 11.8 Å². The predicted octanol–water partition coefficient (Wildman–Crippen LogP) is 19.4. The predicted molar refractivity (Wildman–Crippen MR) is 454 cm³/mol. The maximum absolute atomic E-state index is 14.5. The van der Waals surface area contributed by atoms with Gasteiger partial charge in [-0.25, -0.2) is 39.5 Å². The molecule has 1 aliphatic heterocycles. The third kappa shape index (κ3) is 22.3. The van der Waals surface area contributed by atoms with Crippen LogP contribution in [0.15, 0.2) is 231 Å². The topological polar surface area (TPSA) is 230 Å². The van der Waals surface area contributed by atoms with Crippen molar-refractivity contribution in [2.45, 2.75) is 114 Å². The summed E-state index contributed by atoms with van der Waals surface area (Å²) in [5, 5.41) is 17.1. The van der Waals surface area contributed by atoms with Crippen molar-refractivity contribution in [3.05, 3.63) is 367 Å². The first kappa shape index (κ1) is 90.1. The van der Waals surface area contributed by atoms with Crippen molar-refractivity contribution >= 4 is 40.7 Å². The number of hydrogen-bond acceptors (Lipinski definition) is 11. The Bertz CT molecular complexity index is 6030. The molecule has 126 heavy (non-hydrogen) atoms. The van der Waals surface area contributed by atoms with Gasteiger partial charge in [0.05, 0.1) is 53.6 Å². The average Bonchev–Trinajstić information content (AvgIpc) is 1.75. The summed E-state index contributed by atoms with van der Waals surface area (Å²) in [4.78, 5) is 81.0. The molecule has 7 N–H and O–H groups in total. The highest BCUT2D eigenvalue weighted by Gasteiger charge is 2.40. The number of halogens is 12. The van der Waals surface area contributed by atoms with Crippen molar-refractivity contribution in [2.24, 2.45) is 11.7 Å². The van der Waals surface area contributed by atoms with Crippen LogP contribution in [-0.4, -0.2) is 86.6 Å². The fourth-order valence-electron chi connectivity index (χ4n) is 16.8. The molecule has 2 aliphatic carbocycles. The number of alkyl halides is 3. The first-order chi connectivity index (χ1) is 60.4. The molecule has 12 aromatic rings. The van der Waals surface area contributed by atoms with Crippen LogP contribution < -0.4 is 27.0 Å². The molecule has 4 amide bonds. The molecule has 28 heteroatoms. The van der Waals surface area contributed by atoms with Gasteiger partial charge in [0.1, 0.15) is 58.1 Å². The number of fused-ring (bicyclic) bond motifs is 2. The Morgan fingerprint density at radius 2 is 1.07 bits per heavy atom. The molecule has 16 nitrogen and oxygen atoms in total. The number of H-pyrrole nitrogens is 1. The lowest BCUT2D eigenvalue weighted by Crippen LogP contribution is -2.37. The number of allylic oxidation sites excluding steroid dienone is 1. The molecule has 648 valence electrons. The first-order valence-electron chi connectivity index (χ1n) is 40.7. The summed E-state index contributed by atoms with van der Waals surface area (Å²) in [5.74, 6) is -8.68. The van der Waals surface area contributed by atoms with Crippen LogP contribution in [0.25, 0.3) is 44.7 Å². The van der Waals surface area contributed by atoms with E-state index >= 15 is 0 Å². The summed E-state index contributed by atoms with van der Waals surface area (Å²) in [7, 11) is 2.96. The van der Waals surface area contributed by atoms with Crippen LogP contribution in [0.2, 0.25) is 0 Å². The number of nitrogens with two attached hydrogens (primary N) is 1. The number of carbonyl (C=O) groups is 5. The van der Waals surface area contributed by atoms with Crippen molar-refractivity contribution in [2.75, 3.05) is 27.2 Å². The lowest BCUT2D eigenvalue weighted by atomic mass is 9.83. The lowest BCUT2D eigenvalue weighted by Gasteiger charge is -2.27. The van der Waals surface area contributed by atoms with E-state index < -0.39 is 88.2 Å². The maximum atomic E-state index is 14.5. The van der Waals surface area contributed by atoms with Gasteiger partial charge in [-0.1, -0.05) is 104 Å². The fourth-order valence-corrected chi connectivity index (χ4v) is 16.8. The van der Waals surface area contributed by atoms with Gasteiger partial charge in [-0.3, -0.25) is 48.9 Å². The summed E-state index contributed by atoms with van der Waals surface area (Å²) in [6.07, 6.45) is 4.92. The van der Waals surface area contributed by atoms with E-state index in [-0.39, 0.29) is 115 Å². The van der Waals surface area contributed by atoms with Crippen LogP contribution >= 0.6 is 0 Å². The van der Waals surface area contributed by atoms with Crippen LogP contribution in [0.5, 0.6) is 0 Å². The molecule has 3 aliphatic rings. The highest BCUT2D eigenvalue weighted by Crippen LogP contribution is 2.42. The summed E-state index contributed by atoms with van der Waals surface area (Å²) in [5.41, 5.74) is 15.7. The van der Waals surface area contributed by atoms with Crippen molar-refractivity contribution in [3.8, 4) is 33.4 Å². The minimum Gasteiger partial charge on any atom is -0.399 e. The molecule has 0 bridgehead atoms. The third-order valence-corrected chi connectivity index (χ3v) is 22.6. The van der Waals surface area contributed by atoms with Crippen molar-refractivity contribution < 1.29 is 76.7 Å². The Morgan fingerprint density at radius 1 is 0.548 bits per heavy atom. The zero-order valence-electron chi connectivity index (χ0n) is 68.7. The second-order valence-electron chi connectivity index (χ2n) is 31.4. The molecule has 4 aromatic heterocycles. The number of Topliss-reactive ketones (excluding diaryl/α,β-unsaturated/α-hetero) is 1. The van der Waals surface area contributed by atoms with Gasteiger partial charge < -0.3 is 27.0 Å². The largest absolute Gasteiger partial charge is 0.435 e. The van der Waals surface area contributed by atoms with E-state index in [0.717, 1.165) is 66.2 Å². The minimum atomic E-state index is -4.63. The molecule has 1 fully saturated rings. The fraction of sp³-hybridized carbons (Fsp3) is 0.235. The number of nitrogens with zero attached hydrogens (tertiary/aromatic N) is 5. The number of benzene rings is 8. The van der Waals surface area contributed by atoms with Crippen LogP contribution in [0.4, 0.5) is 52.7 Å². The molecule has 1 unspecified atom stereocenters. The molecule has 1 saturated carbocycles. The smallest absolute Gasteiger partial charge is 0.399 e. The van der Waals surface area contributed by atoms with Gasteiger partial charge in [-0.2, -0.15) is 18.3 Å². The summed E-state index contributed by atoms with van der Waals surface area (Å²) < 4.78 is 168. The first-order valence-corrected chi connectivity index (χ1v) is 40.7. The Hall–Kier alpha value is -13.6. The normalized spacial score (nSPS) is 14.1. The summed E-state index contributed by atoms with van der Waals surface area (Å²) in [6, 6.07) is 48.1. The highest BCUT2D eigenvalue weighted by atomic mass is 19.4. The molecule has 0 radical (unpaired) electrons. The van der Waals surface area contributed by atoms with Gasteiger partial charge in [0.2, 0.25) is 11.8 Å². The molecular weight excluding hydrogens is 1640 g/mol. The van der Waals surface area contributed by atoms with E-state index in [1.54, 1.807) is 78.9 Å². The molecule has 15 rings (SSSR count). The Kier molecular flexibility index (Phi) is 28.9. The Morgan fingerprint density at radius 3 is 1.63 bits per heavy atom. The number of ketones is 1. The Labute approximate surface area is 719 Å². The maximum Gasteiger partial charge on any atom is 0.435 e. The zero-order valence-corrected chi connectivity index (χ0v) is 68.7. The molecule has 0 saturated heterocycles. The zero-order chi connectivity index (χ0) is 89.6. The second kappa shape index (κ2) is 40.3. The number of amides is 4. The lowest BCUT2D eigenvalue weighted by molar-refractivity contribution is -0.142. The number of hydrogen-bond donors (Lipinski definition) is 6. The molecular formula is C98H87F12N11O5. The number of rotatable bonds is 26. The van der Waals surface area contributed by atoms with Crippen LogP contribution in [0.3, 0.4) is 0 Å². The quantitative estimate of drug-likeness (QED) is 0.0279. The number of aromatic nitrogens is 5. The second-order valence-corrected chi connectivity index (χ2v) is 31.4. The van der Waals surface area contributed by atoms with Crippen molar-refractivity contribution in [1.29, 1.82) is 0 Å². The number of aromatic amines is 1. The van der Waals surface area contributed by atoms with Crippen molar-refractivity contribution in [1.82, 2.24) is 51.3 Å². The van der Waals surface area contributed by atoms with E-state index in [2.05, 4.69) is 53.0 Å². The summed E-state index contributed by atoms with van der Waals surface area (Å²) >= 11 is 0. The van der Waals surface area contributed by atoms with Crippen LogP contribution in [0.1, 0.15) is 163 Å². The van der Waals surface area contributed by atoms with Gasteiger partial charge in [-0.05, 0) is 210 Å². The number of nitrogens with one attached hydrogen (secondary N) is 5. The van der Waals surface area contributed by atoms with Gasteiger partial charge >= 0.3 is 6.18 Å². The standard InChI is InChI=1S/C34H32F3N3O2.C33H28F3N3O2.C31H27F6N5O/c1-38-33(41)28-19-24(13-14-29(28)37)27-12-7-15-39-32(27)30(18-21-16-25(35)20-26(36)17-21)40-34(42)31(23-10-5-6-11-23)22-8-3-2-4-9-22;1-19-11-22-8-9-24(34)17-29(22)28(19)18-31(40)39-30(14-20-12-25(35)16-26(36)13-20)32-27(7-4-10-38-32)21-5-3-6-23(15-21)33(41)37-2;1-17(38)25-13-19(4-5-27(25)34)24-3-2-7-39-29(24)20(9-18-10-21(32)14-22(33)11-18)12-23(43)15-42-8-6-28-26(16-42)30(41-40-28)31(35,36)37/h2-4,7-9,12-17,19-20,23,30-31H,5-6,10-11,18H2,1H3,(H,38,41)(H,40,42);3-10,12-13,15-17,30H,11,14,18H2,1-2H3,(H,37,41)(H,39,40);2-5,7,10-11,13-14,20H,1,6,8-9,12,15-16,38H2,(H,40,41)/t30-,31?;30-;20-/m001/s1. The van der Waals surface area contributed by atoms with Crippen LogP contribution in [-0.2, 0) is 59.2 Å². The van der Waals surface area contributed by atoms with Gasteiger partial charge in [0.15, 0.2) is 5.69 Å². The van der Waals surface area contributed by atoms with Crippen molar-refractivity contribution in [3.63, 3.8) is 0 Å². The molecule has 8 aromatic carbocycles. The van der Waals surface area contributed by atoms with E-state index in [4.69, 9.17) is 5.73 Å². The average molecular weight is 1730 g/mol. The Balaban J connectivity index is 0.000000162. The highest BCUT2D eigenvalue weighted by molar-refractivity contribution is 5.97. The molecule has 5 heterocycles. The third-order valence-electron chi connectivity index (χ3n) is 22.6. The molecule has 0 spiro atoms. The van der Waals surface area contributed by atoms with E-state index in [0.29, 0.717) is 91.4 Å². The minimum absolute atomic E-state index is 0.00459. The summed E-state index contributed by atoms with van der Waals surface area (Å²) in [6.45, 7) is 5.61. The number of carbonyl (C=O) groups excluding carboxylic acids is 5. The molecule has 4 atom stereocenters. The number of pyridine rings is 3. The SMILES string of the molecule is C=C(N)c1cc(-c2cccnc2[C@@H](CC(=O)CN2CCc3[nH]nc(C(F)(F)F)c3C2)Cc2cc(F)cc(F)c2)ccc1F.CNC(=O)c1cc(-c2cccnc2[C@H](Cc2cc(F)cc(F)c2)NC(=O)C(c2ccccc2)C2CCCC2)ccc1F.CNC(=O)c1cccc(-c2cccnc2[C@H](Cc2cc(F)cc(F)c2)NC(=O)CC2=C(C)Cc3ccc(F)cc32)c1. The van der Waals surface area contributed by atoms with Crippen LogP contribution in [0, 0.1) is 58.3 Å². The monoisotopic (exact) mass is 1730 g/mol.